The highest BCUT2D eigenvalue weighted by Gasteiger charge is 2.38. The molecule has 52 heavy (non-hydrogen) atoms. The summed E-state index contributed by atoms with van der Waals surface area (Å²) in [6.45, 7) is 4.23. The lowest BCUT2D eigenvalue weighted by molar-refractivity contribution is -0.135. The number of fused-ring (bicyclic) bond motifs is 5. The van der Waals surface area contributed by atoms with Crippen molar-refractivity contribution < 1.29 is 27.8 Å². The number of carbonyl (C=O) groups is 2. The molecule has 8 rings (SSSR count). The Balaban J connectivity index is 1.15. The average Bonchev–Trinajstić information content (AvgIpc) is 3.95. The molecule has 266 valence electrons. The van der Waals surface area contributed by atoms with Gasteiger partial charge in [-0.05, 0) is 79.4 Å². The SMILES string of the molecule is COC(=O)N[C@H](C(=O)N1CCC[C@H]1c1ncc(-c2cc(F)c3c(c2)OC(c2cnc(-c4ccc(F)cc4)s2)n2c-3cc3cc(Cl)ccc32)[nH]1)C(C)C. The number of nitrogens with one attached hydrogen (secondary N) is 2. The van der Waals surface area contributed by atoms with E-state index in [2.05, 4.69) is 20.3 Å². The van der Waals surface area contributed by atoms with Crippen molar-refractivity contribution in [3.63, 3.8) is 0 Å². The third-order valence-electron chi connectivity index (χ3n) is 9.59. The van der Waals surface area contributed by atoms with E-state index in [1.165, 1.54) is 36.6 Å². The molecule has 0 saturated carbocycles. The quantitative estimate of drug-likeness (QED) is 0.169. The van der Waals surface area contributed by atoms with Crippen LogP contribution in [0.3, 0.4) is 0 Å². The van der Waals surface area contributed by atoms with Crippen LogP contribution in [0.25, 0.3) is 44.0 Å². The first kappa shape index (κ1) is 33.9. The second-order valence-corrected chi connectivity index (χ2v) is 14.7. The molecule has 2 N–H and O–H groups in total. The van der Waals surface area contributed by atoms with Crippen molar-refractivity contribution in [1.82, 2.24) is 29.7 Å². The van der Waals surface area contributed by atoms with Gasteiger partial charge in [-0.25, -0.2) is 23.5 Å². The van der Waals surface area contributed by atoms with Crippen molar-refractivity contribution in [2.45, 2.75) is 45.0 Å². The number of hydrogen-bond acceptors (Lipinski definition) is 7. The summed E-state index contributed by atoms with van der Waals surface area (Å²) in [5.41, 5.74) is 3.57. The molecule has 2 amide bonds. The van der Waals surface area contributed by atoms with E-state index in [9.17, 15) is 14.0 Å². The number of rotatable bonds is 7. The van der Waals surface area contributed by atoms with Gasteiger partial charge in [-0.3, -0.25) is 9.36 Å². The fourth-order valence-corrected chi connectivity index (χ4v) is 8.18. The van der Waals surface area contributed by atoms with Crippen LogP contribution in [0.5, 0.6) is 5.75 Å². The molecule has 0 bridgehead atoms. The van der Waals surface area contributed by atoms with Crippen LogP contribution >= 0.6 is 22.9 Å². The van der Waals surface area contributed by atoms with Gasteiger partial charge in [-0.1, -0.05) is 25.4 Å². The Hall–Kier alpha value is -5.27. The molecule has 1 saturated heterocycles. The largest absolute Gasteiger partial charge is 0.464 e. The van der Waals surface area contributed by atoms with Crippen molar-refractivity contribution in [3.05, 3.63) is 100 Å². The normalized spacial score (nSPS) is 17.2. The highest BCUT2D eigenvalue weighted by atomic mass is 35.5. The number of imidazole rings is 1. The molecule has 1 fully saturated rings. The first-order valence-corrected chi connectivity index (χ1v) is 18.0. The molecule has 5 heterocycles. The van der Waals surface area contributed by atoms with Crippen LogP contribution in [0.2, 0.25) is 5.02 Å². The van der Waals surface area contributed by atoms with Crippen LogP contribution < -0.4 is 10.1 Å². The molecule has 3 aromatic heterocycles. The minimum atomic E-state index is -0.765. The molecule has 2 aliphatic rings. The molecule has 2 aliphatic heterocycles. The fourth-order valence-electron chi connectivity index (χ4n) is 7.06. The number of nitrogens with zero attached hydrogens (tertiary/aromatic N) is 4. The second-order valence-electron chi connectivity index (χ2n) is 13.2. The van der Waals surface area contributed by atoms with Crippen LogP contribution in [0.15, 0.2) is 73.1 Å². The number of aromatic nitrogens is 4. The summed E-state index contributed by atoms with van der Waals surface area (Å²) in [5.74, 6) is -0.312. The van der Waals surface area contributed by atoms with Crippen LogP contribution in [-0.2, 0) is 9.53 Å². The molecule has 0 aliphatic carbocycles. The van der Waals surface area contributed by atoms with Crippen LogP contribution in [0, 0.1) is 17.6 Å². The lowest BCUT2D eigenvalue weighted by atomic mass is 10.0. The monoisotopic (exact) mass is 742 g/mol. The number of alkyl carbamates (subject to hydrolysis) is 1. The van der Waals surface area contributed by atoms with Gasteiger partial charge in [0.25, 0.3) is 0 Å². The zero-order valence-corrected chi connectivity index (χ0v) is 29.9. The molecule has 0 spiro atoms. The fraction of sp³-hybridized carbons (Fsp3) is 0.263. The summed E-state index contributed by atoms with van der Waals surface area (Å²) in [7, 11) is 1.26. The summed E-state index contributed by atoms with van der Waals surface area (Å²) >= 11 is 7.77. The maximum atomic E-state index is 16.4. The van der Waals surface area contributed by atoms with Gasteiger partial charge in [0.2, 0.25) is 12.1 Å². The van der Waals surface area contributed by atoms with Gasteiger partial charge in [-0.2, -0.15) is 0 Å². The molecular formula is C38H33ClF2N6O4S. The van der Waals surface area contributed by atoms with E-state index >= 15 is 4.39 Å². The summed E-state index contributed by atoms with van der Waals surface area (Å²) < 4.78 is 43.4. The van der Waals surface area contributed by atoms with E-state index in [1.54, 1.807) is 41.6 Å². The van der Waals surface area contributed by atoms with Gasteiger partial charge in [0.15, 0.2) is 0 Å². The van der Waals surface area contributed by atoms with Gasteiger partial charge >= 0.3 is 6.09 Å². The molecule has 10 nitrogen and oxygen atoms in total. The zero-order chi connectivity index (χ0) is 36.3. The third-order valence-corrected chi connectivity index (χ3v) is 10.9. The number of halogens is 3. The Kier molecular flexibility index (Phi) is 8.70. The number of methoxy groups -OCH3 is 1. The van der Waals surface area contributed by atoms with Crippen LogP contribution in [0.1, 0.15) is 49.7 Å². The molecular weight excluding hydrogens is 710 g/mol. The van der Waals surface area contributed by atoms with Crippen molar-refractivity contribution in [2.24, 2.45) is 5.92 Å². The molecule has 6 aromatic rings. The van der Waals surface area contributed by atoms with Gasteiger partial charge < -0.3 is 24.7 Å². The molecule has 1 unspecified atom stereocenters. The van der Waals surface area contributed by atoms with E-state index < -0.39 is 24.2 Å². The third kappa shape index (κ3) is 5.97. The Bertz CT molecular complexity index is 2340. The summed E-state index contributed by atoms with van der Waals surface area (Å²) in [6, 6.07) is 15.7. The van der Waals surface area contributed by atoms with E-state index in [0.717, 1.165) is 27.8 Å². The molecule has 14 heteroatoms. The maximum Gasteiger partial charge on any atom is 0.407 e. The van der Waals surface area contributed by atoms with Gasteiger partial charge in [0.1, 0.15) is 34.3 Å². The summed E-state index contributed by atoms with van der Waals surface area (Å²) in [4.78, 5) is 40.7. The molecule has 0 radical (unpaired) electrons. The number of thiazole rings is 1. The first-order valence-electron chi connectivity index (χ1n) is 16.8. The highest BCUT2D eigenvalue weighted by Crippen LogP contribution is 2.48. The number of hydrogen-bond donors (Lipinski definition) is 2. The Labute approximate surface area is 306 Å². The Morgan fingerprint density at radius 2 is 1.87 bits per heavy atom. The van der Waals surface area contributed by atoms with Crippen molar-refractivity contribution in [1.29, 1.82) is 0 Å². The summed E-state index contributed by atoms with van der Waals surface area (Å²) in [6.07, 6.45) is 3.43. The Morgan fingerprint density at radius 1 is 1.06 bits per heavy atom. The zero-order valence-electron chi connectivity index (χ0n) is 28.3. The Morgan fingerprint density at radius 3 is 2.63 bits per heavy atom. The number of amides is 2. The minimum Gasteiger partial charge on any atom is -0.464 e. The van der Waals surface area contributed by atoms with Crippen molar-refractivity contribution >= 4 is 45.8 Å². The van der Waals surface area contributed by atoms with Gasteiger partial charge in [-0.15, -0.1) is 11.3 Å². The van der Waals surface area contributed by atoms with Crippen LogP contribution in [0.4, 0.5) is 13.6 Å². The standard InChI is InChI=1S/C38H33ClF2N6O4S/c1-19(2)33(45-38(49)50-3)36(48)46-12-4-5-28(46)34-42-17-26(44-34)21-14-25(41)32-29-15-22-13-23(39)8-11-27(22)47(29)37(51-30(32)16-21)31-18-43-35(52-31)20-6-9-24(40)10-7-20/h6-11,13-19,28,33,37H,4-5,12H2,1-3H3,(H,42,44)(H,45,49)/t28-,33-,37?/m0/s1. The number of aromatic amines is 1. The molecule has 3 aromatic carbocycles. The van der Waals surface area contributed by atoms with E-state index in [0.29, 0.717) is 57.1 Å². The number of H-pyrrole nitrogens is 1. The molecule has 3 atom stereocenters. The minimum absolute atomic E-state index is 0.169. The van der Waals surface area contributed by atoms with E-state index in [1.807, 2.05) is 36.6 Å². The van der Waals surface area contributed by atoms with E-state index in [4.69, 9.17) is 21.1 Å². The first-order chi connectivity index (χ1) is 25.1. The number of carbonyl (C=O) groups excluding carboxylic acids is 2. The number of benzene rings is 3. The smallest absolute Gasteiger partial charge is 0.407 e. The van der Waals surface area contributed by atoms with Gasteiger partial charge in [0, 0.05) is 34.3 Å². The van der Waals surface area contributed by atoms with E-state index in [-0.39, 0.29) is 23.7 Å². The predicted octanol–water partition coefficient (Wildman–Crippen LogP) is 8.74. The van der Waals surface area contributed by atoms with Crippen molar-refractivity contribution in [3.8, 4) is 38.8 Å². The lowest BCUT2D eigenvalue weighted by Gasteiger charge is -2.30. The summed E-state index contributed by atoms with van der Waals surface area (Å²) in [5, 5.41) is 4.73. The lowest BCUT2D eigenvalue weighted by Crippen LogP contribution is -2.51. The predicted molar refractivity (Wildman–Crippen MR) is 194 cm³/mol. The second kappa shape index (κ2) is 13.4. The highest BCUT2D eigenvalue weighted by molar-refractivity contribution is 7.15. The topological polar surface area (TPSA) is 114 Å². The maximum absolute atomic E-state index is 16.4. The number of ether oxygens (including phenoxy) is 2. The number of likely N-dealkylation sites (tertiary alicyclic amines) is 1. The van der Waals surface area contributed by atoms with Crippen molar-refractivity contribution in [2.75, 3.05) is 13.7 Å². The average molecular weight is 743 g/mol. The van der Waals surface area contributed by atoms with Crippen LogP contribution in [-0.4, -0.2) is 56.1 Å². The van der Waals surface area contributed by atoms with Gasteiger partial charge in [0.05, 0.1) is 46.7 Å².